The highest BCUT2D eigenvalue weighted by molar-refractivity contribution is 9.11. The molecule has 0 saturated carbocycles. The number of phenolic OH excluding ortho intramolecular Hbond substituents is 1. The molecule has 2 aromatic carbocycles. The van der Waals surface area contributed by atoms with Gasteiger partial charge in [-0.25, -0.2) is 5.43 Å². The van der Waals surface area contributed by atoms with Crippen LogP contribution in [-0.4, -0.2) is 21.8 Å². The number of aromatic hydroxyl groups is 1. The molecular weight excluding hydrogens is 510 g/mol. The van der Waals surface area contributed by atoms with Crippen molar-refractivity contribution in [3.05, 3.63) is 78.9 Å². The first-order valence-corrected chi connectivity index (χ1v) is 10.2. The minimum Gasteiger partial charge on any atom is -0.506 e. The number of rotatable bonds is 4. The lowest BCUT2D eigenvalue weighted by molar-refractivity contribution is 0.0952. The topological polar surface area (TPSA) is 66.6 Å². The second-order valence-electron chi connectivity index (χ2n) is 6.12. The van der Waals surface area contributed by atoms with Crippen LogP contribution in [0.2, 0.25) is 5.02 Å². The zero-order chi connectivity index (χ0) is 20.4. The quantitative estimate of drug-likeness (QED) is 0.337. The molecule has 0 bridgehead atoms. The first-order chi connectivity index (χ1) is 13.3. The summed E-state index contributed by atoms with van der Waals surface area (Å²) in [7, 11) is 0. The monoisotopic (exact) mass is 523 g/mol. The lowest BCUT2D eigenvalue weighted by Gasteiger charge is -2.09. The van der Waals surface area contributed by atoms with Crippen molar-refractivity contribution >= 4 is 55.6 Å². The van der Waals surface area contributed by atoms with Crippen LogP contribution in [0.4, 0.5) is 0 Å². The highest BCUT2D eigenvalue weighted by Crippen LogP contribution is 2.31. The fraction of sp³-hybridized carbons (Fsp3) is 0.100. The lowest BCUT2D eigenvalue weighted by atomic mass is 10.2. The molecule has 8 heteroatoms. The normalized spacial score (nSPS) is 11.2. The van der Waals surface area contributed by atoms with Gasteiger partial charge in [-0.05, 0) is 72.2 Å². The van der Waals surface area contributed by atoms with E-state index >= 15 is 0 Å². The fourth-order valence-electron chi connectivity index (χ4n) is 2.87. The van der Waals surface area contributed by atoms with Gasteiger partial charge in [0.25, 0.3) is 5.91 Å². The Bertz CT molecular complexity index is 1080. The Morgan fingerprint density at radius 2 is 1.86 bits per heavy atom. The van der Waals surface area contributed by atoms with Gasteiger partial charge in [-0.1, -0.05) is 27.5 Å². The third-order valence-corrected chi connectivity index (χ3v) is 5.51. The molecule has 0 aliphatic carbocycles. The molecule has 1 aromatic heterocycles. The van der Waals surface area contributed by atoms with Crippen LogP contribution in [0.3, 0.4) is 0 Å². The number of aromatic nitrogens is 1. The minimum atomic E-state index is -0.512. The average molecular weight is 526 g/mol. The maximum Gasteiger partial charge on any atom is 0.275 e. The number of carbonyl (C=O) groups is 1. The van der Waals surface area contributed by atoms with E-state index in [1.54, 1.807) is 12.3 Å². The summed E-state index contributed by atoms with van der Waals surface area (Å²) < 4.78 is 3.16. The van der Waals surface area contributed by atoms with E-state index in [0.29, 0.717) is 14.0 Å². The number of benzene rings is 2. The van der Waals surface area contributed by atoms with Gasteiger partial charge < -0.3 is 9.67 Å². The van der Waals surface area contributed by atoms with E-state index in [1.807, 2.05) is 44.2 Å². The molecule has 2 N–H and O–H groups in total. The molecule has 1 amide bonds. The molecule has 1 heterocycles. The smallest absolute Gasteiger partial charge is 0.275 e. The number of phenols is 1. The van der Waals surface area contributed by atoms with Crippen LogP contribution in [0, 0.1) is 13.8 Å². The number of hydrogen-bond acceptors (Lipinski definition) is 3. The van der Waals surface area contributed by atoms with Crippen LogP contribution < -0.4 is 5.43 Å². The summed E-state index contributed by atoms with van der Waals surface area (Å²) in [5.41, 5.74) is 6.43. The maximum absolute atomic E-state index is 12.3. The third kappa shape index (κ3) is 4.32. The summed E-state index contributed by atoms with van der Waals surface area (Å²) in [5, 5.41) is 14.8. The third-order valence-electron chi connectivity index (χ3n) is 4.20. The minimum absolute atomic E-state index is 0.116. The number of nitrogens with one attached hydrogen (secondary N) is 1. The first kappa shape index (κ1) is 20.6. The Kier molecular flexibility index (Phi) is 6.27. The summed E-state index contributed by atoms with van der Waals surface area (Å²) in [6.07, 6.45) is 1.58. The van der Waals surface area contributed by atoms with Crippen molar-refractivity contribution < 1.29 is 9.90 Å². The first-order valence-electron chi connectivity index (χ1n) is 8.24. The van der Waals surface area contributed by atoms with E-state index in [1.165, 1.54) is 6.07 Å². The van der Waals surface area contributed by atoms with Crippen molar-refractivity contribution in [1.29, 1.82) is 0 Å². The van der Waals surface area contributed by atoms with E-state index in [2.05, 4.69) is 47.0 Å². The summed E-state index contributed by atoms with van der Waals surface area (Å²) in [5.74, 6) is -0.654. The second kappa shape index (κ2) is 8.51. The average Bonchev–Trinajstić information content (AvgIpc) is 2.92. The molecule has 0 saturated heterocycles. The van der Waals surface area contributed by atoms with Crippen molar-refractivity contribution in [2.75, 3.05) is 0 Å². The van der Waals surface area contributed by atoms with Gasteiger partial charge in [0.05, 0.1) is 16.3 Å². The maximum atomic E-state index is 12.3. The highest BCUT2D eigenvalue weighted by Gasteiger charge is 2.15. The number of aryl methyl sites for hydroxylation is 1. The predicted molar refractivity (Wildman–Crippen MR) is 119 cm³/mol. The number of carbonyl (C=O) groups excluding carboxylic acids is 1. The van der Waals surface area contributed by atoms with Crippen molar-refractivity contribution in [3.8, 4) is 11.4 Å². The SMILES string of the molecule is Cc1cc(/C=N\NC(=O)c2cc(Br)cc(Br)c2O)c(C)n1-c1ccc(Cl)cc1. The molecule has 0 fully saturated rings. The van der Waals surface area contributed by atoms with Gasteiger partial charge in [0.1, 0.15) is 5.75 Å². The molecule has 144 valence electrons. The number of hydrogen-bond donors (Lipinski definition) is 2. The summed E-state index contributed by atoms with van der Waals surface area (Å²) >= 11 is 12.5. The van der Waals surface area contributed by atoms with Crippen LogP contribution in [-0.2, 0) is 0 Å². The molecule has 5 nitrogen and oxygen atoms in total. The molecule has 0 spiro atoms. The van der Waals surface area contributed by atoms with Crippen LogP contribution in [0.25, 0.3) is 5.69 Å². The molecule has 0 unspecified atom stereocenters. The van der Waals surface area contributed by atoms with E-state index in [0.717, 1.165) is 22.6 Å². The molecule has 3 aromatic rings. The Morgan fingerprint density at radius 1 is 1.18 bits per heavy atom. The predicted octanol–water partition coefficient (Wildman–Crippen LogP) is 5.74. The molecule has 0 aliphatic rings. The van der Waals surface area contributed by atoms with Crippen LogP contribution >= 0.6 is 43.5 Å². The van der Waals surface area contributed by atoms with Gasteiger partial charge in [0.2, 0.25) is 0 Å². The second-order valence-corrected chi connectivity index (χ2v) is 8.33. The van der Waals surface area contributed by atoms with Gasteiger partial charge in [-0.15, -0.1) is 0 Å². The van der Waals surface area contributed by atoms with Crippen molar-refractivity contribution in [3.63, 3.8) is 0 Å². The van der Waals surface area contributed by atoms with Crippen molar-refractivity contribution in [2.45, 2.75) is 13.8 Å². The highest BCUT2D eigenvalue weighted by atomic mass is 79.9. The van der Waals surface area contributed by atoms with Crippen molar-refractivity contribution in [2.24, 2.45) is 5.10 Å². The summed E-state index contributed by atoms with van der Waals surface area (Å²) in [6.45, 7) is 3.97. The van der Waals surface area contributed by atoms with E-state index in [-0.39, 0.29) is 11.3 Å². The zero-order valence-electron chi connectivity index (χ0n) is 15.0. The molecule has 28 heavy (non-hydrogen) atoms. The number of hydrazone groups is 1. The Hall–Kier alpha value is -2.09. The van der Waals surface area contributed by atoms with Gasteiger partial charge in [0, 0.05) is 32.1 Å². The zero-order valence-corrected chi connectivity index (χ0v) is 18.9. The van der Waals surface area contributed by atoms with E-state index < -0.39 is 5.91 Å². The molecule has 3 rings (SSSR count). The number of nitrogens with zero attached hydrogens (tertiary/aromatic N) is 2. The number of amides is 1. The summed E-state index contributed by atoms with van der Waals surface area (Å²) in [6, 6.07) is 12.7. The van der Waals surface area contributed by atoms with Gasteiger partial charge in [0.15, 0.2) is 0 Å². The Balaban J connectivity index is 1.81. The van der Waals surface area contributed by atoms with Crippen LogP contribution in [0.1, 0.15) is 27.3 Å². The summed E-state index contributed by atoms with van der Waals surface area (Å²) in [4.78, 5) is 12.3. The molecule has 0 aliphatic heterocycles. The van der Waals surface area contributed by atoms with E-state index in [4.69, 9.17) is 11.6 Å². The number of halogens is 3. The lowest BCUT2D eigenvalue weighted by Crippen LogP contribution is -2.18. The van der Waals surface area contributed by atoms with Crippen LogP contribution in [0.5, 0.6) is 5.75 Å². The van der Waals surface area contributed by atoms with Crippen molar-refractivity contribution in [1.82, 2.24) is 9.99 Å². The molecule has 0 radical (unpaired) electrons. The van der Waals surface area contributed by atoms with Gasteiger partial charge >= 0.3 is 0 Å². The van der Waals surface area contributed by atoms with Crippen LogP contribution in [0.15, 0.2) is 56.5 Å². The molecule has 0 atom stereocenters. The van der Waals surface area contributed by atoms with Gasteiger partial charge in [-0.3, -0.25) is 4.79 Å². The Morgan fingerprint density at radius 3 is 2.54 bits per heavy atom. The Labute approximate surface area is 184 Å². The van der Waals surface area contributed by atoms with E-state index in [9.17, 15) is 9.90 Å². The van der Waals surface area contributed by atoms with Gasteiger partial charge in [-0.2, -0.15) is 5.10 Å². The largest absolute Gasteiger partial charge is 0.506 e. The molecular formula is C20H16Br2ClN3O2. The fourth-order valence-corrected chi connectivity index (χ4v) is 4.22. The standard InChI is InChI=1S/C20H16Br2ClN3O2/c1-11-7-13(12(2)26(11)16-5-3-15(23)4-6-16)10-24-25-20(28)17-8-14(21)9-18(22)19(17)27/h3-10,27H,1-2H3,(H,25,28)/b24-10-.